The van der Waals surface area contributed by atoms with Crippen molar-refractivity contribution in [3.63, 3.8) is 0 Å². The minimum atomic E-state index is -0.467. The normalized spacial score (nSPS) is 15.5. The molecule has 0 N–H and O–H groups in total. The molecule has 1 rings (SSSR count). The third-order valence-electron chi connectivity index (χ3n) is 1.01. The van der Waals surface area contributed by atoms with Gasteiger partial charge in [0.05, 0.1) is 7.11 Å². The highest BCUT2D eigenvalue weighted by Crippen LogP contribution is 2.02. The number of esters is 1. The van der Waals surface area contributed by atoms with Crippen molar-refractivity contribution in [3.05, 3.63) is 11.8 Å². The topological polar surface area (TPSA) is 47.9 Å². The Morgan fingerprint density at radius 1 is 1.90 bits per heavy atom. The molecule has 4 nitrogen and oxygen atoms in total. The maximum absolute atomic E-state index is 10.7. The highest BCUT2D eigenvalue weighted by atomic mass is 16.6. The van der Waals surface area contributed by atoms with Gasteiger partial charge in [-0.1, -0.05) is 0 Å². The Labute approximate surface area is 58.2 Å². The second-order valence-electron chi connectivity index (χ2n) is 1.63. The van der Waals surface area contributed by atoms with Crippen LogP contribution in [0.25, 0.3) is 0 Å². The van der Waals surface area contributed by atoms with E-state index in [0.717, 1.165) is 0 Å². The number of nitrogens with zero attached hydrogens (tertiary/aromatic N) is 1. The van der Waals surface area contributed by atoms with E-state index < -0.39 is 5.97 Å². The Bertz CT molecular complexity index is 195. The van der Waals surface area contributed by atoms with Gasteiger partial charge in [0.25, 0.3) is 0 Å². The van der Waals surface area contributed by atoms with E-state index in [-0.39, 0.29) is 12.5 Å². The van der Waals surface area contributed by atoms with Gasteiger partial charge in [-0.05, 0) is 0 Å². The monoisotopic (exact) mass is 141 g/mol. The largest absolute Gasteiger partial charge is 0.464 e. The van der Waals surface area contributed by atoms with Crippen molar-refractivity contribution < 1.29 is 14.3 Å². The predicted molar refractivity (Wildman–Crippen MR) is 34.5 cm³/mol. The smallest absolute Gasteiger partial charge is 0.373 e. The summed E-state index contributed by atoms with van der Waals surface area (Å²) in [6.07, 6.45) is 2.98. The minimum absolute atomic E-state index is 0.195. The number of hydrogen-bond acceptors (Lipinski definition) is 4. The Morgan fingerprint density at radius 2 is 2.70 bits per heavy atom. The van der Waals surface area contributed by atoms with E-state index in [0.29, 0.717) is 0 Å². The van der Waals surface area contributed by atoms with E-state index in [1.54, 1.807) is 0 Å². The summed E-state index contributed by atoms with van der Waals surface area (Å²) in [5.41, 5.74) is 0. The van der Waals surface area contributed by atoms with Gasteiger partial charge in [0.2, 0.25) is 5.76 Å². The summed E-state index contributed by atoms with van der Waals surface area (Å²) in [6.45, 7) is 0.195. The van der Waals surface area contributed by atoms with E-state index in [1.165, 1.54) is 19.4 Å². The van der Waals surface area contributed by atoms with Gasteiger partial charge >= 0.3 is 5.97 Å². The fraction of sp³-hybridized carbons (Fsp3) is 0.333. The molecule has 0 bridgehead atoms. The summed E-state index contributed by atoms with van der Waals surface area (Å²) in [7, 11) is 1.30. The molecule has 0 radical (unpaired) electrons. The van der Waals surface area contributed by atoms with Gasteiger partial charge in [-0.15, -0.1) is 0 Å². The lowest BCUT2D eigenvalue weighted by Gasteiger charge is -2.07. The van der Waals surface area contributed by atoms with E-state index >= 15 is 0 Å². The summed E-state index contributed by atoms with van der Waals surface area (Å²) >= 11 is 0. The molecule has 0 saturated heterocycles. The van der Waals surface area contributed by atoms with Crippen molar-refractivity contribution in [1.29, 1.82) is 0 Å². The Morgan fingerprint density at radius 3 is 3.20 bits per heavy atom. The average molecular weight is 141 g/mol. The second kappa shape index (κ2) is 3.00. The van der Waals surface area contributed by atoms with Gasteiger partial charge in [-0.2, -0.15) is 0 Å². The fourth-order valence-corrected chi connectivity index (χ4v) is 0.546. The van der Waals surface area contributed by atoms with Crippen molar-refractivity contribution in [2.75, 3.05) is 13.8 Å². The van der Waals surface area contributed by atoms with Gasteiger partial charge in [0.15, 0.2) is 6.73 Å². The molecular weight excluding hydrogens is 134 g/mol. The zero-order valence-corrected chi connectivity index (χ0v) is 5.53. The fourth-order valence-electron chi connectivity index (χ4n) is 0.546. The van der Waals surface area contributed by atoms with Gasteiger partial charge in [0.1, 0.15) is 0 Å². The Balaban J connectivity index is 2.62. The first-order valence-corrected chi connectivity index (χ1v) is 2.76. The molecule has 0 aromatic carbocycles. The number of aliphatic imine (C=N–C) groups is 1. The van der Waals surface area contributed by atoms with Crippen LogP contribution in [0.2, 0.25) is 0 Å². The lowest BCUT2D eigenvalue weighted by atomic mass is 10.4. The highest BCUT2D eigenvalue weighted by molar-refractivity contribution is 5.91. The van der Waals surface area contributed by atoms with E-state index in [4.69, 9.17) is 4.74 Å². The number of ether oxygens (including phenoxy) is 2. The zero-order chi connectivity index (χ0) is 7.40. The summed E-state index contributed by atoms with van der Waals surface area (Å²) in [5.74, 6) is -0.261. The molecule has 0 aromatic rings. The number of carbonyl (C=O) groups excluding carboxylic acids is 1. The molecule has 0 aliphatic carbocycles. The van der Waals surface area contributed by atoms with Crippen LogP contribution in [0.5, 0.6) is 0 Å². The quantitative estimate of drug-likeness (QED) is 0.486. The third kappa shape index (κ3) is 1.34. The standard InChI is InChI=1S/C6H7NO3/c1-9-6(8)5-2-3-7-4-10-5/h2-3H,4H2,1H3. The zero-order valence-electron chi connectivity index (χ0n) is 5.53. The van der Waals surface area contributed by atoms with E-state index in [2.05, 4.69) is 9.73 Å². The Kier molecular flexibility index (Phi) is 2.04. The van der Waals surface area contributed by atoms with E-state index in [1.807, 2.05) is 0 Å². The van der Waals surface area contributed by atoms with Gasteiger partial charge in [-0.25, -0.2) is 4.79 Å². The number of hydrogen-bond donors (Lipinski definition) is 0. The molecule has 0 saturated carbocycles. The lowest BCUT2D eigenvalue weighted by molar-refractivity contribution is -0.140. The van der Waals surface area contributed by atoms with Crippen molar-refractivity contribution in [3.8, 4) is 0 Å². The van der Waals surface area contributed by atoms with Crippen molar-refractivity contribution in [1.82, 2.24) is 0 Å². The van der Waals surface area contributed by atoms with E-state index in [9.17, 15) is 4.79 Å². The molecule has 1 heterocycles. The van der Waals surface area contributed by atoms with Crippen LogP contribution >= 0.6 is 0 Å². The van der Waals surface area contributed by atoms with Gasteiger partial charge < -0.3 is 9.47 Å². The first kappa shape index (κ1) is 6.80. The van der Waals surface area contributed by atoms with Crippen molar-refractivity contribution >= 4 is 12.2 Å². The second-order valence-corrected chi connectivity index (χ2v) is 1.63. The maximum Gasteiger partial charge on any atom is 0.373 e. The molecule has 0 spiro atoms. The van der Waals surface area contributed by atoms with Crippen LogP contribution in [-0.4, -0.2) is 26.0 Å². The predicted octanol–water partition coefficient (Wildman–Crippen LogP) is 0.102. The molecular formula is C6H7NO3. The SMILES string of the molecule is COC(=O)C1=CC=NCO1. The van der Waals surface area contributed by atoms with Crippen LogP contribution in [0.3, 0.4) is 0 Å². The first-order chi connectivity index (χ1) is 4.84. The van der Waals surface area contributed by atoms with Crippen molar-refractivity contribution in [2.24, 2.45) is 4.99 Å². The molecule has 10 heavy (non-hydrogen) atoms. The first-order valence-electron chi connectivity index (χ1n) is 2.76. The van der Waals surface area contributed by atoms with Crippen LogP contribution in [0.1, 0.15) is 0 Å². The summed E-state index contributed by atoms with van der Waals surface area (Å²) in [4.78, 5) is 14.4. The molecule has 0 aromatic heterocycles. The summed E-state index contributed by atoms with van der Waals surface area (Å²) < 4.78 is 9.22. The molecule has 0 atom stereocenters. The minimum Gasteiger partial charge on any atom is -0.464 e. The molecule has 4 heteroatoms. The molecule has 1 aliphatic rings. The molecule has 0 fully saturated rings. The molecule has 0 amide bonds. The summed E-state index contributed by atoms with van der Waals surface area (Å²) in [6, 6.07) is 0. The van der Waals surface area contributed by atoms with Crippen LogP contribution in [-0.2, 0) is 14.3 Å². The van der Waals surface area contributed by atoms with Crippen molar-refractivity contribution in [2.45, 2.75) is 0 Å². The number of carbonyl (C=O) groups is 1. The molecule has 0 unspecified atom stereocenters. The van der Waals surface area contributed by atoms with Gasteiger partial charge in [-0.3, -0.25) is 4.99 Å². The van der Waals surface area contributed by atoms with Gasteiger partial charge in [0, 0.05) is 12.3 Å². The molecule has 1 aliphatic heterocycles. The number of rotatable bonds is 1. The van der Waals surface area contributed by atoms with Crippen LogP contribution in [0.15, 0.2) is 16.8 Å². The summed E-state index contributed by atoms with van der Waals surface area (Å²) in [5, 5.41) is 0. The lowest BCUT2D eigenvalue weighted by Crippen LogP contribution is -2.11. The maximum atomic E-state index is 10.7. The van der Waals surface area contributed by atoms with Crippen LogP contribution in [0, 0.1) is 0 Å². The molecule has 54 valence electrons. The Hall–Kier alpha value is -1.32. The number of allylic oxidation sites excluding steroid dienone is 1. The van der Waals surface area contributed by atoms with Crippen LogP contribution < -0.4 is 0 Å². The average Bonchev–Trinajstić information content (AvgIpc) is 2.05. The third-order valence-corrected chi connectivity index (χ3v) is 1.01. The highest BCUT2D eigenvalue weighted by Gasteiger charge is 2.10. The number of methoxy groups -OCH3 is 1. The van der Waals surface area contributed by atoms with Crippen LogP contribution in [0.4, 0.5) is 0 Å².